The third-order valence-electron chi connectivity index (χ3n) is 3.76. The Labute approximate surface area is 172 Å². The Morgan fingerprint density at radius 2 is 1.83 bits per heavy atom. The summed E-state index contributed by atoms with van der Waals surface area (Å²) in [6, 6.07) is 10.5. The Morgan fingerprint density at radius 1 is 1.10 bits per heavy atom. The molecule has 0 saturated heterocycles. The maximum absolute atomic E-state index is 12.4. The van der Waals surface area contributed by atoms with Crippen LogP contribution in [0.1, 0.15) is 10.4 Å². The van der Waals surface area contributed by atoms with Gasteiger partial charge in [-0.3, -0.25) is 10.1 Å². The number of ether oxygens (including phenoxy) is 2. The van der Waals surface area contributed by atoms with Crippen molar-refractivity contribution in [2.75, 3.05) is 19.5 Å². The van der Waals surface area contributed by atoms with Gasteiger partial charge in [-0.1, -0.05) is 0 Å². The zero-order valence-electron chi connectivity index (χ0n) is 15.2. The fraction of sp³-hybridized carbons (Fsp3) is 0.158. The Morgan fingerprint density at radius 3 is 2.45 bits per heavy atom. The lowest BCUT2D eigenvalue weighted by molar-refractivity contribution is -0.0328. The second-order valence-electron chi connectivity index (χ2n) is 5.63. The molecule has 0 radical (unpaired) electrons. The van der Waals surface area contributed by atoms with Gasteiger partial charge in [0.15, 0.2) is 5.13 Å². The first-order valence-electron chi connectivity index (χ1n) is 8.14. The number of aromatic nitrogens is 1. The Hall–Kier alpha value is -2.72. The molecule has 0 unspecified atom stereocenters. The van der Waals surface area contributed by atoms with E-state index in [0.717, 1.165) is 5.56 Å². The molecule has 1 heterocycles. The fourth-order valence-corrected chi connectivity index (χ4v) is 3.69. The first kappa shape index (κ1) is 21.0. The number of nitrogens with zero attached hydrogens (tertiary/aromatic N) is 1. The average Bonchev–Trinajstić information content (AvgIpc) is 3.14. The van der Waals surface area contributed by atoms with Crippen LogP contribution in [0.4, 0.5) is 18.3 Å². The van der Waals surface area contributed by atoms with Crippen molar-refractivity contribution in [2.45, 2.75) is 10.4 Å². The smallest absolute Gasteiger partial charge is 0.446 e. The molecule has 3 rings (SSSR count). The van der Waals surface area contributed by atoms with Crippen LogP contribution in [-0.2, 0) is 0 Å². The minimum Gasteiger partial charge on any atom is -0.497 e. The minimum absolute atomic E-state index is 0.0113. The molecule has 0 atom stereocenters. The quantitative estimate of drug-likeness (QED) is 0.499. The number of carbonyl (C=O) groups excluding carboxylic acids is 1. The predicted octanol–water partition coefficient (Wildman–Crippen LogP) is 5.69. The molecule has 0 saturated carbocycles. The Bertz CT molecular complexity index is 1000. The highest BCUT2D eigenvalue weighted by Gasteiger charge is 2.29. The van der Waals surface area contributed by atoms with Gasteiger partial charge in [0.25, 0.3) is 5.91 Å². The van der Waals surface area contributed by atoms with E-state index in [0.29, 0.717) is 22.3 Å². The zero-order valence-corrected chi connectivity index (χ0v) is 16.9. The first-order valence-corrected chi connectivity index (χ1v) is 9.84. The molecular weight excluding hydrogens is 425 g/mol. The standard InChI is InChI=1S/C19H15F3N2O3S2/c1-26-12-5-8-14(16(9-12)27-2)15-10-28-18(23-15)24-17(25)11-3-6-13(7-4-11)29-19(20,21)22/h3-10H,1-2H3,(H,23,24,25). The number of nitrogens with one attached hydrogen (secondary N) is 1. The summed E-state index contributed by atoms with van der Waals surface area (Å²) >= 11 is 0.994. The lowest BCUT2D eigenvalue weighted by Gasteiger charge is -2.08. The lowest BCUT2D eigenvalue weighted by atomic mass is 10.1. The van der Waals surface area contributed by atoms with E-state index in [9.17, 15) is 18.0 Å². The molecule has 152 valence electrons. The number of methoxy groups -OCH3 is 2. The van der Waals surface area contributed by atoms with Crippen molar-refractivity contribution in [3.63, 3.8) is 0 Å². The summed E-state index contributed by atoms with van der Waals surface area (Å²) in [6.07, 6.45) is 0. The van der Waals surface area contributed by atoms with Gasteiger partial charge in [-0.2, -0.15) is 13.2 Å². The van der Waals surface area contributed by atoms with Crippen LogP contribution in [0.25, 0.3) is 11.3 Å². The molecule has 0 aliphatic heterocycles. The van der Waals surface area contributed by atoms with E-state index in [1.165, 1.54) is 42.7 Å². The van der Waals surface area contributed by atoms with Gasteiger partial charge >= 0.3 is 5.51 Å². The van der Waals surface area contributed by atoms with Crippen LogP contribution >= 0.6 is 23.1 Å². The van der Waals surface area contributed by atoms with Crippen molar-refractivity contribution in [3.8, 4) is 22.8 Å². The maximum Gasteiger partial charge on any atom is 0.446 e. The van der Waals surface area contributed by atoms with Crippen LogP contribution in [0.3, 0.4) is 0 Å². The zero-order chi connectivity index (χ0) is 21.0. The number of thiazole rings is 1. The largest absolute Gasteiger partial charge is 0.497 e. The number of thioether (sulfide) groups is 1. The van der Waals surface area contributed by atoms with E-state index in [2.05, 4.69) is 10.3 Å². The van der Waals surface area contributed by atoms with Crippen LogP contribution in [0.5, 0.6) is 11.5 Å². The summed E-state index contributed by atoms with van der Waals surface area (Å²) in [5.41, 5.74) is -2.79. The van der Waals surface area contributed by atoms with Gasteiger partial charge in [0.1, 0.15) is 11.5 Å². The summed E-state index contributed by atoms with van der Waals surface area (Å²) in [5.74, 6) is 0.753. The van der Waals surface area contributed by atoms with Crippen molar-refractivity contribution in [1.82, 2.24) is 4.98 Å². The number of halogens is 3. The number of hydrogen-bond donors (Lipinski definition) is 1. The summed E-state index contributed by atoms with van der Waals surface area (Å²) in [4.78, 5) is 16.7. The van der Waals surface area contributed by atoms with Crippen LogP contribution in [0.15, 0.2) is 52.7 Å². The van der Waals surface area contributed by atoms with Gasteiger partial charge in [0, 0.05) is 27.5 Å². The van der Waals surface area contributed by atoms with E-state index >= 15 is 0 Å². The van der Waals surface area contributed by atoms with Gasteiger partial charge in [-0.25, -0.2) is 4.98 Å². The molecule has 2 aromatic carbocycles. The van der Waals surface area contributed by atoms with E-state index < -0.39 is 11.4 Å². The summed E-state index contributed by atoms with van der Waals surface area (Å²) < 4.78 is 47.7. The van der Waals surface area contributed by atoms with Crippen LogP contribution < -0.4 is 14.8 Å². The molecule has 3 aromatic rings. The molecule has 1 aromatic heterocycles. The third-order valence-corrected chi connectivity index (χ3v) is 5.26. The van der Waals surface area contributed by atoms with Gasteiger partial charge in [0.05, 0.1) is 19.9 Å². The number of benzene rings is 2. The molecule has 29 heavy (non-hydrogen) atoms. The SMILES string of the molecule is COc1ccc(-c2csc(NC(=O)c3ccc(SC(F)(F)F)cc3)n2)c(OC)c1. The number of alkyl halides is 3. The van der Waals surface area contributed by atoms with E-state index in [4.69, 9.17) is 9.47 Å². The summed E-state index contributed by atoms with van der Waals surface area (Å²) in [5, 5.41) is 4.77. The van der Waals surface area contributed by atoms with E-state index in [1.807, 2.05) is 0 Å². The van der Waals surface area contributed by atoms with Crippen molar-refractivity contribution >= 4 is 34.1 Å². The highest BCUT2D eigenvalue weighted by Crippen LogP contribution is 2.37. The maximum atomic E-state index is 12.4. The van der Waals surface area contributed by atoms with Crippen molar-refractivity contribution in [3.05, 3.63) is 53.4 Å². The molecule has 1 amide bonds. The van der Waals surface area contributed by atoms with E-state index in [-0.39, 0.29) is 22.2 Å². The Kier molecular flexibility index (Phi) is 6.33. The first-order chi connectivity index (χ1) is 13.8. The van der Waals surface area contributed by atoms with Crippen molar-refractivity contribution in [1.29, 1.82) is 0 Å². The Balaban J connectivity index is 1.72. The van der Waals surface area contributed by atoms with Gasteiger partial charge in [-0.15, -0.1) is 11.3 Å². The molecule has 0 aliphatic rings. The molecule has 0 aliphatic carbocycles. The fourth-order valence-electron chi connectivity index (χ4n) is 2.44. The summed E-state index contributed by atoms with van der Waals surface area (Å²) in [7, 11) is 3.09. The number of carbonyl (C=O) groups is 1. The van der Waals surface area contributed by atoms with Crippen molar-refractivity contribution < 1.29 is 27.4 Å². The summed E-state index contributed by atoms with van der Waals surface area (Å²) in [6.45, 7) is 0. The lowest BCUT2D eigenvalue weighted by Crippen LogP contribution is -2.11. The molecule has 0 fully saturated rings. The monoisotopic (exact) mass is 440 g/mol. The van der Waals surface area contributed by atoms with Crippen LogP contribution in [0, 0.1) is 0 Å². The molecule has 0 bridgehead atoms. The van der Waals surface area contributed by atoms with Crippen LogP contribution in [-0.4, -0.2) is 30.6 Å². The molecule has 5 nitrogen and oxygen atoms in total. The predicted molar refractivity (Wildman–Crippen MR) is 107 cm³/mol. The third kappa shape index (κ3) is 5.42. The molecule has 0 spiro atoms. The van der Waals surface area contributed by atoms with Gasteiger partial charge in [0.2, 0.25) is 0 Å². The average molecular weight is 440 g/mol. The van der Waals surface area contributed by atoms with Gasteiger partial charge < -0.3 is 9.47 Å². The molecular formula is C19H15F3N2O3S2. The second kappa shape index (κ2) is 8.75. The second-order valence-corrected chi connectivity index (χ2v) is 7.63. The molecule has 1 N–H and O–H groups in total. The normalized spacial score (nSPS) is 11.2. The number of anilines is 1. The van der Waals surface area contributed by atoms with Crippen LogP contribution in [0.2, 0.25) is 0 Å². The number of rotatable bonds is 6. The van der Waals surface area contributed by atoms with Crippen molar-refractivity contribution in [2.24, 2.45) is 0 Å². The van der Waals surface area contributed by atoms with Gasteiger partial charge in [-0.05, 0) is 48.2 Å². The molecule has 10 heteroatoms. The number of hydrogen-bond acceptors (Lipinski definition) is 6. The highest BCUT2D eigenvalue weighted by atomic mass is 32.2. The minimum atomic E-state index is -4.37. The highest BCUT2D eigenvalue weighted by molar-refractivity contribution is 8.00. The van der Waals surface area contributed by atoms with E-state index in [1.54, 1.807) is 30.7 Å². The topological polar surface area (TPSA) is 60.5 Å². The number of amides is 1.